The Balaban J connectivity index is 3.01. The smallest absolute Gasteiger partial charge is 0.321 e. The van der Waals surface area contributed by atoms with Crippen LogP contribution in [0.1, 0.15) is 13.3 Å². The summed E-state index contributed by atoms with van der Waals surface area (Å²) in [4.78, 5) is 21.6. The average molecular weight is 229 g/mol. The normalized spacial score (nSPS) is 33.6. The molecule has 1 aliphatic heterocycles. The lowest BCUT2D eigenvalue weighted by molar-refractivity contribution is -0.144. The van der Waals surface area contributed by atoms with Gasteiger partial charge < -0.3 is 20.6 Å². The molecule has 90 valence electrons. The van der Waals surface area contributed by atoms with Crippen LogP contribution in [0.5, 0.6) is 0 Å². The maximum absolute atomic E-state index is 10.9. The van der Waals surface area contributed by atoms with E-state index in [4.69, 9.17) is 10.2 Å². The first kappa shape index (κ1) is 12.7. The molecule has 6 nitrogen and oxygen atoms in total. The highest BCUT2D eigenvalue weighted by atomic mass is 16.4. The molecule has 16 heavy (non-hydrogen) atoms. The average Bonchev–Trinajstić information content (AvgIpc) is 2.44. The first-order chi connectivity index (χ1) is 7.29. The maximum Gasteiger partial charge on any atom is 0.321 e. The van der Waals surface area contributed by atoms with E-state index in [1.807, 2.05) is 0 Å². The maximum atomic E-state index is 10.9. The van der Waals surface area contributed by atoms with E-state index in [1.54, 1.807) is 6.92 Å². The molecule has 1 aliphatic rings. The highest BCUT2D eigenvalue weighted by molar-refractivity contribution is 5.77. The van der Waals surface area contributed by atoms with Crippen molar-refractivity contribution in [3.8, 4) is 0 Å². The third-order valence-corrected chi connectivity index (χ3v) is 3.01. The van der Waals surface area contributed by atoms with Crippen molar-refractivity contribution in [3.05, 3.63) is 12.2 Å². The fourth-order valence-corrected chi connectivity index (χ4v) is 2.02. The zero-order valence-electron chi connectivity index (χ0n) is 8.93. The molecule has 1 fully saturated rings. The highest BCUT2D eigenvalue weighted by Gasteiger charge is 2.51. The van der Waals surface area contributed by atoms with Gasteiger partial charge in [-0.2, -0.15) is 0 Å². The molecule has 0 unspecified atom stereocenters. The molecular formula is C10H15NO5. The number of carbonyl (C=O) groups is 2. The van der Waals surface area contributed by atoms with Crippen LogP contribution in [0.3, 0.4) is 0 Å². The van der Waals surface area contributed by atoms with Crippen molar-refractivity contribution in [1.82, 2.24) is 5.32 Å². The lowest BCUT2D eigenvalue weighted by atomic mass is 9.79. The van der Waals surface area contributed by atoms with Crippen LogP contribution in [0, 0.1) is 5.92 Å². The van der Waals surface area contributed by atoms with Gasteiger partial charge in [-0.3, -0.25) is 9.59 Å². The van der Waals surface area contributed by atoms with E-state index >= 15 is 0 Å². The number of nitrogens with one attached hydrogen (secondary N) is 1. The van der Waals surface area contributed by atoms with E-state index in [1.165, 1.54) is 0 Å². The molecule has 0 saturated carbocycles. The Morgan fingerprint density at radius 2 is 2.06 bits per heavy atom. The monoisotopic (exact) mass is 229 g/mol. The predicted molar refractivity (Wildman–Crippen MR) is 54.9 cm³/mol. The van der Waals surface area contributed by atoms with Gasteiger partial charge in [-0.05, 0) is 12.5 Å². The molecule has 3 atom stereocenters. The fraction of sp³-hybridized carbons (Fsp3) is 0.600. The summed E-state index contributed by atoms with van der Waals surface area (Å²) in [6, 6.07) is -1.06. The molecule has 1 rings (SSSR count). The number of aliphatic carboxylic acids is 2. The van der Waals surface area contributed by atoms with Gasteiger partial charge in [-0.15, -0.1) is 0 Å². The van der Waals surface area contributed by atoms with Gasteiger partial charge >= 0.3 is 11.9 Å². The molecule has 1 saturated heterocycles. The Bertz CT molecular complexity index is 340. The van der Waals surface area contributed by atoms with Crippen molar-refractivity contribution in [2.75, 3.05) is 6.54 Å². The molecule has 0 aliphatic carbocycles. The van der Waals surface area contributed by atoms with Gasteiger partial charge in [0.1, 0.15) is 11.6 Å². The summed E-state index contributed by atoms with van der Waals surface area (Å²) in [5.41, 5.74) is -1.10. The third-order valence-electron chi connectivity index (χ3n) is 3.01. The van der Waals surface area contributed by atoms with Crippen molar-refractivity contribution in [3.63, 3.8) is 0 Å². The summed E-state index contributed by atoms with van der Waals surface area (Å²) in [5.74, 6) is -3.21. The van der Waals surface area contributed by atoms with Crippen molar-refractivity contribution in [1.29, 1.82) is 0 Å². The van der Waals surface area contributed by atoms with E-state index in [0.29, 0.717) is 5.57 Å². The second-order valence-corrected chi connectivity index (χ2v) is 4.11. The van der Waals surface area contributed by atoms with E-state index < -0.39 is 35.9 Å². The lowest BCUT2D eigenvalue weighted by Gasteiger charge is -2.29. The van der Waals surface area contributed by atoms with Crippen molar-refractivity contribution in [2.24, 2.45) is 5.92 Å². The van der Waals surface area contributed by atoms with Gasteiger partial charge in [0, 0.05) is 12.5 Å². The summed E-state index contributed by atoms with van der Waals surface area (Å²) in [6.45, 7) is 5.15. The number of carboxylic acid groups (broad SMARTS) is 2. The fourth-order valence-electron chi connectivity index (χ4n) is 2.02. The minimum absolute atomic E-state index is 0.0112. The standard InChI is InChI=1S/C10H15NO5/c1-5(2)10(16)4-11-8(9(14)15)6(10)3-7(12)13/h6,8,11,16H,1,3-4H2,2H3,(H,12,13)(H,14,15)/t6-,8+,10+/m1/s1. The molecule has 0 aromatic carbocycles. The van der Waals surface area contributed by atoms with Crippen LogP contribution in [0.2, 0.25) is 0 Å². The van der Waals surface area contributed by atoms with Crippen LogP contribution >= 0.6 is 0 Å². The molecule has 0 amide bonds. The Hall–Kier alpha value is -1.40. The molecule has 1 heterocycles. The van der Waals surface area contributed by atoms with Gasteiger partial charge in [0.15, 0.2) is 0 Å². The van der Waals surface area contributed by atoms with E-state index in [-0.39, 0.29) is 6.54 Å². The van der Waals surface area contributed by atoms with Gasteiger partial charge in [-0.25, -0.2) is 0 Å². The van der Waals surface area contributed by atoms with Crippen LogP contribution < -0.4 is 5.32 Å². The van der Waals surface area contributed by atoms with Crippen LogP contribution in [0.15, 0.2) is 12.2 Å². The number of aliphatic hydroxyl groups is 1. The summed E-state index contributed by atoms with van der Waals surface area (Å²) in [5, 5.41) is 30.5. The second kappa shape index (κ2) is 4.23. The van der Waals surface area contributed by atoms with Crippen LogP contribution in [0.25, 0.3) is 0 Å². The molecule has 0 radical (unpaired) electrons. The topological polar surface area (TPSA) is 107 Å². The summed E-state index contributed by atoms with van der Waals surface area (Å²) >= 11 is 0. The van der Waals surface area contributed by atoms with E-state index in [2.05, 4.69) is 11.9 Å². The first-order valence-corrected chi connectivity index (χ1v) is 4.85. The highest BCUT2D eigenvalue weighted by Crippen LogP contribution is 2.34. The molecule has 0 aromatic heterocycles. The minimum atomic E-state index is -1.47. The molecule has 0 aromatic rings. The SMILES string of the molecule is C=C(C)[C@@]1(O)CN[C@H](C(=O)O)[C@H]1CC(=O)O. The number of hydrogen-bond donors (Lipinski definition) is 4. The Morgan fingerprint density at radius 1 is 1.50 bits per heavy atom. The molecule has 6 heteroatoms. The van der Waals surface area contributed by atoms with Gasteiger partial charge in [0.05, 0.1) is 6.42 Å². The third kappa shape index (κ3) is 2.07. The van der Waals surface area contributed by atoms with Crippen molar-refractivity contribution < 1.29 is 24.9 Å². The zero-order chi connectivity index (χ0) is 12.5. The first-order valence-electron chi connectivity index (χ1n) is 4.85. The van der Waals surface area contributed by atoms with Crippen LogP contribution in [-0.4, -0.2) is 45.4 Å². The number of carboxylic acids is 2. The van der Waals surface area contributed by atoms with Gasteiger partial charge in [-0.1, -0.05) is 6.58 Å². The Morgan fingerprint density at radius 3 is 2.44 bits per heavy atom. The summed E-state index contributed by atoms with van der Waals surface area (Å²) in [7, 11) is 0. The van der Waals surface area contributed by atoms with E-state index in [9.17, 15) is 14.7 Å². The Labute approximate surface area is 92.6 Å². The molecule has 0 bridgehead atoms. The van der Waals surface area contributed by atoms with E-state index in [0.717, 1.165) is 0 Å². The summed E-state index contributed by atoms with van der Waals surface area (Å²) in [6.07, 6.45) is -0.409. The predicted octanol–water partition coefficient (Wildman–Crippen LogP) is -0.559. The quantitative estimate of drug-likeness (QED) is 0.481. The number of rotatable bonds is 4. The molecule has 0 spiro atoms. The second-order valence-electron chi connectivity index (χ2n) is 4.11. The van der Waals surface area contributed by atoms with Crippen LogP contribution in [0.4, 0.5) is 0 Å². The number of β-amino-alcohol motifs (C(OH)–C–C–N with tert-alkyl or cyclic N) is 1. The zero-order valence-corrected chi connectivity index (χ0v) is 8.93. The molecular weight excluding hydrogens is 214 g/mol. The number of hydrogen-bond acceptors (Lipinski definition) is 4. The lowest BCUT2D eigenvalue weighted by Crippen LogP contribution is -2.43. The largest absolute Gasteiger partial charge is 0.481 e. The minimum Gasteiger partial charge on any atom is -0.481 e. The Kier molecular flexibility index (Phi) is 3.35. The summed E-state index contributed by atoms with van der Waals surface area (Å²) < 4.78 is 0. The van der Waals surface area contributed by atoms with Gasteiger partial charge in [0.25, 0.3) is 0 Å². The molecule has 4 N–H and O–H groups in total. The van der Waals surface area contributed by atoms with Crippen molar-refractivity contribution in [2.45, 2.75) is 25.0 Å². The van der Waals surface area contributed by atoms with Crippen LogP contribution in [-0.2, 0) is 9.59 Å². The van der Waals surface area contributed by atoms with Gasteiger partial charge in [0.2, 0.25) is 0 Å². The van der Waals surface area contributed by atoms with Crippen molar-refractivity contribution >= 4 is 11.9 Å².